The maximum Gasteiger partial charge on any atom is 0.330 e. The summed E-state index contributed by atoms with van der Waals surface area (Å²) in [6.45, 7) is 5.59. The van der Waals surface area contributed by atoms with E-state index in [4.69, 9.17) is 9.57 Å². The fourth-order valence-corrected chi connectivity index (χ4v) is 2.23. The summed E-state index contributed by atoms with van der Waals surface area (Å²) in [7, 11) is 0. The highest BCUT2D eigenvalue weighted by Crippen LogP contribution is 2.27. The fourth-order valence-electron chi connectivity index (χ4n) is 2.23. The third-order valence-electron chi connectivity index (χ3n) is 3.36. The van der Waals surface area contributed by atoms with Gasteiger partial charge in [-0.3, -0.25) is 24.0 Å². The van der Waals surface area contributed by atoms with Gasteiger partial charge in [-0.25, -0.2) is 4.79 Å². The van der Waals surface area contributed by atoms with Gasteiger partial charge in [-0.1, -0.05) is 0 Å². The van der Waals surface area contributed by atoms with Gasteiger partial charge >= 0.3 is 11.7 Å². The molecule has 1 saturated heterocycles. The van der Waals surface area contributed by atoms with E-state index in [1.54, 1.807) is 12.0 Å². The highest BCUT2D eigenvalue weighted by Gasteiger charge is 2.32. The Morgan fingerprint density at radius 1 is 1.52 bits per heavy atom. The van der Waals surface area contributed by atoms with Gasteiger partial charge in [-0.15, -0.1) is 0 Å². The Kier molecular flexibility index (Phi) is 4.59. The van der Waals surface area contributed by atoms with Crippen molar-refractivity contribution in [1.82, 2.24) is 14.6 Å². The van der Waals surface area contributed by atoms with Crippen LogP contribution in [-0.2, 0) is 14.4 Å². The van der Waals surface area contributed by atoms with Crippen LogP contribution in [0, 0.1) is 6.92 Å². The van der Waals surface area contributed by atoms with E-state index in [0.717, 1.165) is 0 Å². The van der Waals surface area contributed by atoms with Crippen molar-refractivity contribution in [1.29, 1.82) is 0 Å². The number of nitrogens with one attached hydrogen (secondary N) is 1. The van der Waals surface area contributed by atoms with Gasteiger partial charge in [0.2, 0.25) is 0 Å². The average molecular weight is 297 g/mol. The number of carbonyl (C=O) groups is 1. The van der Waals surface area contributed by atoms with Gasteiger partial charge in [0.25, 0.3) is 5.56 Å². The molecule has 8 nitrogen and oxygen atoms in total. The van der Waals surface area contributed by atoms with E-state index in [9.17, 15) is 14.4 Å². The number of ether oxygens (including phenoxy) is 1. The van der Waals surface area contributed by atoms with Crippen molar-refractivity contribution in [3.8, 4) is 0 Å². The Hall–Kier alpha value is -1.93. The molecule has 0 unspecified atom stereocenters. The lowest BCUT2D eigenvalue weighted by Crippen LogP contribution is -2.34. The minimum atomic E-state index is -0.496. The van der Waals surface area contributed by atoms with E-state index >= 15 is 0 Å². The zero-order chi connectivity index (χ0) is 15.6. The second-order valence-corrected chi connectivity index (χ2v) is 5.10. The first-order valence-electron chi connectivity index (χ1n) is 6.77. The van der Waals surface area contributed by atoms with Crippen molar-refractivity contribution < 1.29 is 14.4 Å². The summed E-state index contributed by atoms with van der Waals surface area (Å²) in [6, 6.07) is 0.0738. The lowest BCUT2D eigenvalue weighted by atomic mass is 10.2. The molecule has 1 N–H and O–H groups in total. The molecule has 2 atom stereocenters. The molecular weight excluding hydrogens is 278 g/mol. The lowest BCUT2D eigenvalue weighted by Gasteiger charge is -2.19. The molecular formula is C13H19N3O5. The van der Waals surface area contributed by atoms with Gasteiger partial charge in [0, 0.05) is 31.1 Å². The summed E-state index contributed by atoms with van der Waals surface area (Å²) < 4.78 is 6.25. The fraction of sp³-hybridized carbons (Fsp3) is 0.615. The second kappa shape index (κ2) is 6.23. The minimum Gasteiger partial charge on any atom is -0.464 e. The number of hydrogen-bond donors (Lipinski definition) is 1. The first-order valence-corrected chi connectivity index (χ1v) is 6.77. The second-order valence-electron chi connectivity index (χ2n) is 5.10. The minimum absolute atomic E-state index is 0.0738. The van der Waals surface area contributed by atoms with Crippen LogP contribution in [0.25, 0.3) is 0 Å². The van der Waals surface area contributed by atoms with E-state index in [-0.39, 0.29) is 18.6 Å². The highest BCUT2D eigenvalue weighted by atomic mass is 16.7. The maximum absolute atomic E-state index is 11.8. The van der Waals surface area contributed by atoms with E-state index in [1.165, 1.54) is 17.7 Å². The standard InChI is InChI=1S/C13H19N3O5/c1-8-7-15(13(19)14-12(8)18)11-6-9(2)16(21-11)4-5-20-10(3)17/h7,9,11H,4-6H2,1-3H3,(H,14,18,19)/t9-,11+/m1/s1. The smallest absolute Gasteiger partial charge is 0.330 e. The predicted molar refractivity (Wildman–Crippen MR) is 73.6 cm³/mol. The highest BCUT2D eigenvalue weighted by molar-refractivity contribution is 5.65. The van der Waals surface area contributed by atoms with Crippen LogP contribution >= 0.6 is 0 Å². The van der Waals surface area contributed by atoms with E-state index in [1.807, 2.05) is 6.92 Å². The molecule has 8 heteroatoms. The monoisotopic (exact) mass is 297 g/mol. The molecule has 0 aromatic carbocycles. The van der Waals surface area contributed by atoms with Gasteiger partial charge in [-0.2, -0.15) is 5.06 Å². The number of hydroxylamine groups is 2. The molecule has 1 aromatic rings. The van der Waals surface area contributed by atoms with Crippen molar-refractivity contribution in [2.45, 2.75) is 39.5 Å². The van der Waals surface area contributed by atoms with Crippen LogP contribution < -0.4 is 11.2 Å². The number of aryl methyl sites for hydroxylation is 1. The molecule has 0 radical (unpaired) electrons. The summed E-state index contributed by atoms with van der Waals surface area (Å²) in [5, 5.41) is 1.68. The summed E-state index contributed by atoms with van der Waals surface area (Å²) >= 11 is 0. The van der Waals surface area contributed by atoms with Crippen molar-refractivity contribution >= 4 is 5.97 Å². The Morgan fingerprint density at radius 3 is 2.90 bits per heavy atom. The Balaban J connectivity index is 2.07. The molecule has 21 heavy (non-hydrogen) atoms. The Morgan fingerprint density at radius 2 is 2.24 bits per heavy atom. The number of H-pyrrole nitrogens is 1. The maximum atomic E-state index is 11.8. The summed E-state index contributed by atoms with van der Waals surface area (Å²) in [5.41, 5.74) is -0.442. The van der Waals surface area contributed by atoms with E-state index in [2.05, 4.69) is 4.98 Å². The van der Waals surface area contributed by atoms with Crippen molar-refractivity contribution in [2.75, 3.05) is 13.2 Å². The Bertz CT molecular complexity index is 635. The zero-order valence-corrected chi connectivity index (χ0v) is 12.3. The number of carbonyl (C=O) groups excluding carboxylic acids is 1. The molecule has 1 aromatic heterocycles. The SMILES string of the molecule is CC(=O)OCCN1O[C@H](n2cc(C)c(=O)[nH]c2=O)C[C@H]1C. The quantitative estimate of drug-likeness (QED) is 0.782. The van der Waals surface area contributed by atoms with Crippen LogP contribution in [0.15, 0.2) is 15.8 Å². The van der Waals surface area contributed by atoms with E-state index in [0.29, 0.717) is 18.5 Å². The number of nitrogens with zero attached hydrogens (tertiary/aromatic N) is 2. The van der Waals surface area contributed by atoms with Gasteiger partial charge in [0.05, 0.1) is 6.54 Å². The van der Waals surface area contributed by atoms with Crippen LogP contribution in [0.3, 0.4) is 0 Å². The Labute approximate surface area is 121 Å². The molecule has 116 valence electrons. The van der Waals surface area contributed by atoms with Crippen LogP contribution in [0.5, 0.6) is 0 Å². The van der Waals surface area contributed by atoms with Crippen molar-refractivity contribution in [3.05, 3.63) is 32.6 Å². The predicted octanol–water partition coefficient (Wildman–Crippen LogP) is -0.0675. The number of aromatic amines is 1. The van der Waals surface area contributed by atoms with Gasteiger partial charge < -0.3 is 4.74 Å². The lowest BCUT2D eigenvalue weighted by molar-refractivity contribution is -0.189. The van der Waals surface area contributed by atoms with Crippen molar-refractivity contribution in [2.24, 2.45) is 0 Å². The van der Waals surface area contributed by atoms with Crippen LogP contribution in [0.1, 0.15) is 32.1 Å². The van der Waals surface area contributed by atoms with Crippen molar-refractivity contribution in [3.63, 3.8) is 0 Å². The molecule has 0 aliphatic carbocycles. The largest absolute Gasteiger partial charge is 0.464 e. The molecule has 0 bridgehead atoms. The third kappa shape index (κ3) is 3.59. The summed E-state index contributed by atoms with van der Waals surface area (Å²) in [5.74, 6) is -0.342. The van der Waals surface area contributed by atoms with E-state index < -0.39 is 17.5 Å². The normalized spacial score (nSPS) is 22.4. The van der Waals surface area contributed by atoms with Crippen LogP contribution in [0.2, 0.25) is 0 Å². The first-order chi connectivity index (χ1) is 9.88. The number of aromatic nitrogens is 2. The molecule has 1 aliphatic heterocycles. The summed E-state index contributed by atoms with van der Waals surface area (Å²) in [6.07, 6.45) is 1.62. The van der Waals surface area contributed by atoms with Gasteiger partial charge in [-0.05, 0) is 13.8 Å². The van der Waals surface area contributed by atoms with Crippen LogP contribution in [-0.4, -0.2) is 39.8 Å². The third-order valence-corrected chi connectivity index (χ3v) is 3.36. The molecule has 0 saturated carbocycles. The first kappa shape index (κ1) is 15.5. The molecule has 1 fully saturated rings. The molecule has 1 aliphatic rings. The molecule has 0 spiro atoms. The molecule has 2 rings (SSSR count). The van der Waals surface area contributed by atoms with Gasteiger partial charge in [0.15, 0.2) is 6.23 Å². The average Bonchev–Trinajstić information content (AvgIpc) is 2.75. The number of hydrogen-bond acceptors (Lipinski definition) is 6. The van der Waals surface area contributed by atoms with Crippen LogP contribution in [0.4, 0.5) is 0 Å². The summed E-state index contributed by atoms with van der Waals surface area (Å²) in [4.78, 5) is 41.9. The number of esters is 1. The number of rotatable bonds is 4. The topological polar surface area (TPSA) is 93.6 Å². The molecule has 2 heterocycles. The molecule has 0 amide bonds. The zero-order valence-electron chi connectivity index (χ0n) is 12.3. The van der Waals surface area contributed by atoms with Gasteiger partial charge in [0.1, 0.15) is 6.61 Å².